The summed E-state index contributed by atoms with van der Waals surface area (Å²) in [6.07, 6.45) is 0. The van der Waals surface area contributed by atoms with Gasteiger partial charge in [-0.1, -0.05) is 15.9 Å². The van der Waals surface area contributed by atoms with Crippen LogP contribution in [0.2, 0.25) is 0 Å². The molecule has 0 bridgehead atoms. The standard InChI is InChI=1S/C11H14BrNO/c1-7-4-10(13-11(14)6-12)5-8(2)9(7)3/h4-5H,6H2,1-3H3,(H,13,14). The van der Waals surface area contributed by atoms with Crippen molar-refractivity contribution in [2.75, 3.05) is 10.6 Å². The lowest BCUT2D eigenvalue weighted by Crippen LogP contribution is -2.12. The van der Waals surface area contributed by atoms with Crippen LogP contribution in [0.4, 0.5) is 5.69 Å². The van der Waals surface area contributed by atoms with Gasteiger partial charge < -0.3 is 5.32 Å². The molecule has 1 rings (SSSR count). The van der Waals surface area contributed by atoms with E-state index in [1.54, 1.807) is 0 Å². The molecule has 0 unspecified atom stereocenters. The van der Waals surface area contributed by atoms with Crippen LogP contribution in [0.25, 0.3) is 0 Å². The summed E-state index contributed by atoms with van der Waals surface area (Å²) in [4.78, 5) is 11.1. The van der Waals surface area contributed by atoms with Gasteiger partial charge in [0, 0.05) is 5.69 Å². The largest absolute Gasteiger partial charge is 0.325 e. The topological polar surface area (TPSA) is 29.1 Å². The van der Waals surface area contributed by atoms with E-state index >= 15 is 0 Å². The van der Waals surface area contributed by atoms with Gasteiger partial charge in [-0.3, -0.25) is 4.79 Å². The van der Waals surface area contributed by atoms with Crippen molar-refractivity contribution < 1.29 is 4.79 Å². The highest BCUT2D eigenvalue weighted by molar-refractivity contribution is 9.09. The predicted molar refractivity (Wildman–Crippen MR) is 63.1 cm³/mol. The van der Waals surface area contributed by atoms with Crippen LogP contribution in [0.15, 0.2) is 12.1 Å². The molecule has 0 atom stereocenters. The number of halogens is 1. The highest BCUT2D eigenvalue weighted by Crippen LogP contribution is 2.18. The summed E-state index contributed by atoms with van der Waals surface area (Å²) >= 11 is 3.11. The molecule has 0 spiro atoms. The number of carbonyl (C=O) groups is 1. The van der Waals surface area contributed by atoms with Gasteiger partial charge in [-0.15, -0.1) is 0 Å². The maximum atomic E-state index is 11.1. The van der Waals surface area contributed by atoms with Gasteiger partial charge in [0.15, 0.2) is 0 Å². The van der Waals surface area contributed by atoms with Crippen molar-refractivity contribution >= 4 is 27.5 Å². The normalized spacial score (nSPS) is 10.0. The third-order valence-electron chi connectivity index (χ3n) is 2.33. The van der Waals surface area contributed by atoms with Crippen LogP contribution in [-0.2, 0) is 4.79 Å². The highest BCUT2D eigenvalue weighted by Gasteiger charge is 2.03. The fourth-order valence-corrected chi connectivity index (χ4v) is 1.44. The number of hydrogen-bond acceptors (Lipinski definition) is 1. The van der Waals surface area contributed by atoms with E-state index in [0.29, 0.717) is 5.33 Å². The predicted octanol–water partition coefficient (Wildman–Crippen LogP) is 2.95. The Morgan fingerprint density at radius 2 is 1.79 bits per heavy atom. The number of carbonyl (C=O) groups excluding carboxylic acids is 1. The fraction of sp³-hybridized carbons (Fsp3) is 0.364. The number of nitrogens with one attached hydrogen (secondary N) is 1. The van der Waals surface area contributed by atoms with E-state index in [2.05, 4.69) is 28.2 Å². The van der Waals surface area contributed by atoms with Gasteiger partial charge in [-0.2, -0.15) is 0 Å². The lowest BCUT2D eigenvalue weighted by Gasteiger charge is -2.09. The summed E-state index contributed by atoms with van der Waals surface area (Å²) in [5, 5.41) is 3.15. The molecule has 0 fully saturated rings. The molecule has 0 aliphatic carbocycles. The van der Waals surface area contributed by atoms with Crippen LogP contribution in [0.3, 0.4) is 0 Å². The van der Waals surface area contributed by atoms with Crippen molar-refractivity contribution in [3.8, 4) is 0 Å². The van der Waals surface area contributed by atoms with Crippen molar-refractivity contribution in [3.63, 3.8) is 0 Å². The molecule has 0 aliphatic rings. The first kappa shape index (κ1) is 11.2. The minimum absolute atomic E-state index is 0.0207. The van der Waals surface area contributed by atoms with Gasteiger partial charge in [0.1, 0.15) is 0 Å². The molecular weight excluding hydrogens is 242 g/mol. The third-order valence-corrected chi connectivity index (χ3v) is 2.84. The van der Waals surface area contributed by atoms with Gasteiger partial charge in [0.05, 0.1) is 5.33 Å². The molecule has 1 aromatic carbocycles. The number of amides is 1. The van der Waals surface area contributed by atoms with Crippen molar-refractivity contribution in [2.45, 2.75) is 20.8 Å². The van der Waals surface area contributed by atoms with E-state index in [1.807, 2.05) is 26.0 Å². The van der Waals surface area contributed by atoms with Crippen molar-refractivity contribution in [3.05, 3.63) is 28.8 Å². The molecule has 2 nitrogen and oxygen atoms in total. The molecule has 3 heteroatoms. The van der Waals surface area contributed by atoms with E-state index < -0.39 is 0 Å². The first-order valence-electron chi connectivity index (χ1n) is 4.48. The average molecular weight is 256 g/mol. The molecule has 1 aromatic rings. The van der Waals surface area contributed by atoms with Crippen LogP contribution in [-0.4, -0.2) is 11.2 Å². The summed E-state index contributed by atoms with van der Waals surface area (Å²) in [5.41, 5.74) is 4.56. The summed E-state index contributed by atoms with van der Waals surface area (Å²) in [6, 6.07) is 3.98. The molecule has 0 saturated carbocycles. The fourth-order valence-electron chi connectivity index (χ4n) is 1.30. The maximum absolute atomic E-state index is 11.1. The molecule has 1 N–H and O–H groups in total. The number of hydrogen-bond donors (Lipinski definition) is 1. The Hall–Kier alpha value is -0.830. The van der Waals surface area contributed by atoms with Gasteiger partial charge >= 0.3 is 0 Å². The van der Waals surface area contributed by atoms with Gasteiger partial charge in [0.25, 0.3) is 0 Å². The van der Waals surface area contributed by atoms with Crippen molar-refractivity contribution in [1.82, 2.24) is 0 Å². The van der Waals surface area contributed by atoms with Gasteiger partial charge in [-0.05, 0) is 49.6 Å². The summed E-state index contributed by atoms with van der Waals surface area (Å²) in [5.74, 6) is -0.0207. The number of benzene rings is 1. The Morgan fingerprint density at radius 3 is 2.21 bits per heavy atom. The Kier molecular flexibility index (Phi) is 3.69. The molecule has 0 radical (unpaired) electrons. The molecule has 0 saturated heterocycles. The zero-order chi connectivity index (χ0) is 10.7. The van der Waals surface area contributed by atoms with E-state index in [-0.39, 0.29) is 5.91 Å². The molecule has 0 heterocycles. The first-order chi connectivity index (χ1) is 6.54. The van der Waals surface area contributed by atoms with E-state index in [1.165, 1.54) is 16.7 Å². The van der Waals surface area contributed by atoms with E-state index in [9.17, 15) is 4.79 Å². The number of anilines is 1. The molecule has 0 aliphatic heterocycles. The molecular formula is C11H14BrNO. The minimum Gasteiger partial charge on any atom is -0.325 e. The zero-order valence-corrected chi connectivity index (χ0v) is 10.2. The second-order valence-corrected chi connectivity index (χ2v) is 3.98. The van der Waals surface area contributed by atoms with Crippen LogP contribution in [0, 0.1) is 20.8 Å². The van der Waals surface area contributed by atoms with Crippen LogP contribution in [0.1, 0.15) is 16.7 Å². The molecule has 76 valence electrons. The summed E-state index contributed by atoms with van der Waals surface area (Å²) < 4.78 is 0. The third kappa shape index (κ3) is 2.58. The Labute approximate surface area is 92.8 Å². The lowest BCUT2D eigenvalue weighted by molar-refractivity contribution is -0.113. The number of rotatable bonds is 2. The molecule has 1 amide bonds. The quantitative estimate of drug-likeness (QED) is 0.810. The van der Waals surface area contributed by atoms with E-state index in [0.717, 1.165) is 5.69 Å². The van der Waals surface area contributed by atoms with Crippen LogP contribution < -0.4 is 5.32 Å². The smallest absolute Gasteiger partial charge is 0.235 e. The maximum Gasteiger partial charge on any atom is 0.235 e. The number of aryl methyl sites for hydroxylation is 2. The zero-order valence-electron chi connectivity index (χ0n) is 8.65. The first-order valence-corrected chi connectivity index (χ1v) is 5.60. The Bertz CT molecular complexity index is 337. The summed E-state index contributed by atoms with van der Waals surface area (Å²) in [6.45, 7) is 6.18. The van der Waals surface area contributed by atoms with Crippen molar-refractivity contribution in [1.29, 1.82) is 0 Å². The average Bonchev–Trinajstić information content (AvgIpc) is 2.14. The SMILES string of the molecule is Cc1cc(NC(=O)CBr)cc(C)c1C. The Morgan fingerprint density at radius 1 is 1.29 bits per heavy atom. The second-order valence-electron chi connectivity index (χ2n) is 3.42. The Balaban J connectivity index is 2.95. The molecule has 14 heavy (non-hydrogen) atoms. The molecule has 0 aromatic heterocycles. The lowest BCUT2D eigenvalue weighted by atomic mass is 10.0. The van der Waals surface area contributed by atoms with Gasteiger partial charge in [0.2, 0.25) is 5.91 Å². The minimum atomic E-state index is -0.0207. The monoisotopic (exact) mass is 255 g/mol. The summed E-state index contributed by atoms with van der Waals surface area (Å²) in [7, 11) is 0. The van der Waals surface area contributed by atoms with Crippen molar-refractivity contribution in [2.24, 2.45) is 0 Å². The van der Waals surface area contributed by atoms with Gasteiger partial charge in [-0.25, -0.2) is 0 Å². The highest BCUT2D eigenvalue weighted by atomic mass is 79.9. The second kappa shape index (κ2) is 4.60. The van der Waals surface area contributed by atoms with E-state index in [4.69, 9.17) is 0 Å². The van der Waals surface area contributed by atoms with Crippen LogP contribution in [0.5, 0.6) is 0 Å². The number of alkyl halides is 1. The van der Waals surface area contributed by atoms with Crippen LogP contribution >= 0.6 is 15.9 Å².